The molecule has 3 aromatic heterocycles. The van der Waals surface area contributed by atoms with E-state index in [0.29, 0.717) is 17.8 Å². The maximum atomic E-state index is 13.5. The van der Waals surface area contributed by atoms with Crippen molar-refractivity contribution in [2.45, 2.75) is 68.7 Å². The number of benzene rings is 1. The van der Waals surface area contributed by atoms with Crippen molar-refractivity contribution >= 4 is 26.5 Å². The average Bonchev–Trinajstić information content (AvgIpc) is 2.82. The topological polar surface area (TPSA) is 97.3 Å². The molecule has 0 fully saturated rings. The number of hydrogen-bond donors (Lipinski definition) is 1. The molecular weight excluding hydrogens is 448 g/mol. The summed E-state index contributed by atoms with van der Waals surface area (Å²) in [5.74, 6) is 0. The molecule has 7 nitrogen and oxygen atoms in total. The highest BCUT2D eigenvalue weighted by atomic mass is 32.2. The van der Waals surface area contributed by atoms with Gasteiger partial charge in [0.05, 0.1) is 10.3 Å². The smallest absolute Gasteiger partial charge is 0.267 e. The van der Waals surface area contributed by atoms with Crippen LogP contribution in [0.5, 0.6) is 0 Å². The summed E-state index contributed by atoms with van der Waals surface area (Å²) >= 11 is 0. The van der Waals surface area contributed by atoms with Crippen LogP contribution in [0, 0.1) is 12.3 Å². The normalized spacial score (nSPS) is 11.9. The summed E-state index contributed by atoms with van der Waals surface area (Å²) in [5, 5.41) is 9.03. The number of hydrogen-bond acceptors (Lipinski definition) is 5. The van der Waals surface area contributed by atoms with Crippen molar-refractivity contribution in [3.8, 4) is 0 Å². The van der Waals surface area contributed by atoms with Crippen molar-refractivity contribution < 1.29 is 8.42 Å². The van der Waals surface area contributed by atoms with Crippen LogP contribution in [-0.2, 0) is 16.4 Å². The Morgan fingerprint density at radius 2 is 1.68 bits per heavy atom. The van der Waals surface area contributed by atoms with Crippen molar-refractivity contribution in [1.29, 1.82) is 5.41 Å². The molecule has 3 heterocycles. The van der Waals surface area contributed by atoms with Gasteiger partial charge in [0, 0.05) is 12.7 Å². The summed E-state index contributed by atoms with van der Waals surface area (Å²) in [4.78, 5) is 17.9. The zero-order chi connectivity index (χ0) is 24.3. The summed E-state index contributed by atoms with van der Waals surface area (Å²) in [5.41, 5.74) is 1.25. The fourth-order valence-electron chi connectivity index (χ4n) is 4.18. The van der Waals surface area contributed by atoms with E-state index in [4.69, 9.17) is 5.41 Å². The molecule has 0 amide bonds. The summed E-state index contributed by atoms with van der Waals surface area (Å²) in [6.07, 6.45) is 7.95. The van der Waals surface area contributed by atoms with Crippen LogP contribution in [0.25, 0.3) is 16.7 Å². The van der Waals surface area contributed by atoms with E-state index in [-0.39, 0.29) is 26.2 Å². The number of nitrogens with zero attached hydrogens (tertiary/aromatic N) is 3. The number of nitrogens with one attached hydrogen (secondary N) is 1. The van der Waals surface area contributed by atoms with Gasteiger partial charge in [-0.05, 0) is 43.7 Å². The molecule has 178 valence electrons. The van der Waals surface area contributed by atoms with Crippen LogP contribution >= 0.6 is 0 Å². The van der Waals surface area contributed by atoms with Gasteiger partial charge in [0.25, 0.3) is 5.56 Å². The van der Waals surface area contributed by atoms with Gasteiger partial charge in [-0.3, -0.25) is 14.6 Å². The molecule has 0 saturated carbocycles. The summed E-state index contributed by atoms with van der Waals surface area (Å²) in [7, 11) is -4.00. The molecule has 1 N–H and O–H groups in total. The minimum Gasteiger partial charge on any atom is -0.310 e. The highest BCUT2D eigenvalue weighted by Crippen LogP contribution is 2.21. The standard InChI is InChI=1S/C26H30N4O3S/c1-3-4-5-6-7-9-17-30-24(27)22(34(32,33)20-14-12-19(2)13-15-20)18-21-25(30)28-23-11-8-10-16-29(23)26(21)31/h8,10-16,18,27H,3-7,9,17H2,1-2H3. The summed E-state index contributed by atoms with van der Waals surface area (Å²) < 4.78 is 30.0. The SMILES string of the molecule is CCCCCCCCn1c(=N)c(S(=O)(=O)c2ccc(C)cc2)cc2c(=O)n3ccccc3nc21. The Labute approximate surface area is 199 Å². The minimum atomic E-state index is -4.00. The van der Waals surface area contributed by atoms with Crippen molar-refractivity contribution in [2.75, 3.05) is 0 Å². The first-order valence-corrected chi connectivity index (χ1v) is 13.2. The van der Waals surface area contributed by atoms with E-state index >= 15 is 0 Å². The lowest BCUT2D eigenvalue weighted by atomic mass is 10.1. The van der Waals surface area contributed by atoms with E-state index < -0.39 is 9.84 Å². The third kappa shape index (κ3) is 4.55. The molecule has 4 rings (SSSR count). The van der Waals surface area contributed by atoms with Gasteiger partial charge in [-0.1, -0.05) is 62.8 Å². The molecule has 0 aliphatic heterocycles. The number of aryl methyl sites for hydroxylation is 2. The van der Waals surface area contributed by atoms with Crippen molar-refractivity contribution in [1.82, 2.24) is 14.0 Å². The Kier molecular flexibility index (Phi) is 6.97. The van der Waals surface area contributed by atoms with E-state index in [2.05, 4.69) is 11.9 Å². The third-order valence-corrected chi connectivity index (χ3v) is 7.92. The highest BCUT2D eigenvalue weighted by Gasteiger charge is 2.24. The molecule has 0 saturated heterocycles. The van der Waals surface area contributed by atoms with Gasteiger partial charge in [0.2, 0.25) is 9.84 Å². The molecule has 0 aliphatic carbocycles. The zero-order valence-electron chi connectivity index (χ0n) is 19.6. The fraction of sp³-hybridized carbons (Fsp3) is 0.346. The van der Waals surface area contributed by atoms with Gasteiger partial charge >= 0.3 is 0 Å². The predicted octanol–water partition coefficient (Wildman–Crippen LogP) is 4.63. The van der Waals surface area contributed by atoms with Crippen molar-refractivity contribution in [3.05, 3.63) is 76.1 Å². The average molecular weight is 479 g/mol. The Morgan fingerprint density at radius 3 is 2.41 bits per heavy atom. The number of fused-ring (bicyclic) bond motifs is 2. The van der Waals surface area contributed by atoms with Crippen LogP contribution < -0.4 is 11.0 Å². The second kappa shape index (κ2) is 9.93. The van der Waals surface area contributed by atoms with Crippen LogP contribution in [0.4, 0.5) is 0 Å². The van der Waals surface area contributed by atoms with Gasteiger partial charge in [-0.15, -0.1) is 0 Å². The molecule has 34 heavy (non-hydrogen) atoms. The van der Waals surface area contributed by atoms with Gasteiger partial charge in [0.15, 0.2) is 0 Å². The maximum Gasteiger partial charge on any atom is 0.267 e. The lowest BCUT2D eigenvalue weighted by Crippen LogP contribution is -2.30. The number of sulfone groups is 1. The van der Waals surface area contributed by atoms with Gasteiger partial charge in [-0.2, -0.15) is 0 Å². The molecule has 0 unspecified atom stereocenters. The lowest BCUT2D eigenvalue weighted by Gasteiger charge is -2.15. The van der Waals surface area contributed by atoms with E-state index in [1.54, 1.807) is 41.1 Å². The van der Waals surface area contributed by atoms with E-state index in [9.17, 15) is 13.2 Å². The summed E-state index contributed by atoms with van der Waals surface area (Å²) in [6, 6.07) is 13.1. The first kappa shape index (κ1) is 23.9. The molecule has 8 heteroatoms. The van der Waals surface area contributed by atoms with Gasteiger partial charge in [-0.25, -0.2) is 13.4 Å². The number of rotatable bonds is 9. The quantitative estimate of drug-likeness (QED) is 0.280. The lowest BCUT2D eigenvalue weighted by molar-refractivity contribution is 0.544. The van der Waals surface area contributed by atoms with Crippen LogP contribution in [0.15, 0.2) is 69.3 Å². The highest BCUT2D eigenvalue weighted by molar-refractivity contribution is 7.91. The Balaban J connectivity index is 1.89. The second-order valence-electron chi connectivity index (χ2n) is 8.68. The van der Waals surface area contributed by atoms with Gasteiger partial charge in [0.1, 0.15) is 21.7 Å². The van der Waals surface area contributed by atoms with Crippen LogP contribution in [0.1, 0.15) is 51.0 Å². The van der Waals surface area contributed by atoms with E-state index in [1.165, 1.54) is 29.0 Å². The molecule has 0 radical (unpaired) electrons. The number of aromatic nitrogens is 3. The van der Waals surface area contributed by atoms with E-state index in [1.807, 2.05) is 6.92 Å². The van der Waals surface area contributed by atoms with Crippen LogP contribution in [0.2, 0.25) is 0 Å². The molecule has 0 atom stereocenters. The number of pyridine rings is 2. The Morgan fingerprint density at radius 1 is 0.971 bits per heavy atom. The molecule has 1 aromatic carbocycles. The van der Waals surface area contributed by atoms with Crippen molar-refractivity contribution in [2.24, 2.45) is 0 Å². The maximum absolute atomic E-state index is 13.5. The van der Waals surface area contributed by atoms with Crippen molar-refractivity contribution in [3.63, 3.8) is 0 Å². The zero-order valence-corrected chi connectivity index (χ0v) is 20.4. The van der Waals surface area contributed by atoms with Crippen LogP contribution in [0.3, 0.4) is 0 Å². The third-order valence-electron chi connectivity index (χ3n) is 6.14. The Bertz CT molecular complexity index is 1550. The minimum absolute atomic E-state index is 0.103. The summed E-state index contributed by atoms with van der Waals surface area (Å²) in [6.45, 7) is 4.48. The van der Waals surface area contributed by atoms with Crippen LogP contribution in [-0.4, -0.2) is 22.4 Å². The first-order chi connectivity index (χ1) is 16.3. The molecule has 0 aliphatic rings. The predicted molar refractivity (Wildman–Crippen MR) is 133 cm³/mol. The fourth-order valence-corrected chi connectivity index (χ4v) is 5.56. The molecular formula is C26H30N4O3S. The first-order valence-electron chi connectivity index (χ1n) is 11.8. The Hall–Kier alpha value is -3.26. The largest absolute Gasteiger partial charge is 0.310 e. The number of unbranched alkanes of at least 4 members (excludes halogenated alkanes) is 5. The second-order valence-corrected chi connectivity index (χ2v) is 10.6. The monoisotopic (exact) mass is 478 g/mol. The van der Waals surface area contributed by atoms with Gasteiger partial charge < -0.3 is 4.57 Å². The molecule has 0 bridgehead atoms. The molecule has 0 spiro atoms. The molecule has 4 aromatic rings. The van der Waals surface area contributed by atoms with E-state index in [0.717, 1.165) is 37.7 Å².